The molecule has 0 aliphatic carbocycles. The van der Waals surface area contributed by atoms with E-state index in [4.69, 9.17) is 9.47 Å². The first-order valence-electron chi connectivity index (χ1n) is 5.78. The maximum atomic E-state index is 11.9. The smallest absolute Gasteiger partial charge is 0.259 e. The lowest BCUT2D eigenvalue weighted by atomic mass is 10.3. The summed E-state index contributed by atoms with van der Waals surface area (Å²) >= 11 is 1.49. The van der Waals surface area contributed by atoms with Crippen LogP contribution in [0.3, 0.4) is 0 Å². The van der Waals surface area contributed by atoms with Crippen LogP contribution < -0.4 is 5.56 Å². The number of aryl methyl sites for hydroxylation is 1. The lowest BCUT2D eigenvalue weighted by molar-refractivity contribution is -0.0654. The van der Waals surface area contributed by atoms with Crippen molar-refractivity contribution in [3.63, 3.8) is 0 Å². The summed E-state index contributed by atoms with van der Waals surface area (Å²) in [7, 11) is 1.58. The van der Waals surface area contributed by atoms with Gasteiger partial charge in [0.25, 0.3) is 5.56 Å². The predicted molar refractivity (Wildman–Crippen MR) is 71.0 cm³/mol. The number of nitrogens with one attached hydrogen (secondary N) is 1. The van der Waals surface area contributed by atoms with E-state index < -0.39 is 0 Å². The van der Waals surface area contributed by atoms with E-state index in [1.54, 1.807) is 7.11 Å². The highest BCUT2D eigenvalue weighted by atomic mass is 32.1. The lowest BCUT2D eigenvalue weighted by Gasteiger charge is -2.09. The molecule has 0 radical (unpaired) electrons. The van der Waals surface area contributed by atoms with Crippen LogP contribution in [0.25, 0.3) is 10.2 Å². The van der Waals surface area contributed by atoms with Gasteiger partial charge < -0.3 is 14.5 Å². The first kappa shape index (κ1) is 13.2. The second kappa shape index (κ2) is 5.60. The van der Waals surface area contributed by atoms with Crippen molar-refractivity contribution < 1.29 is 9.47 Å². The van der Waals surface area contributed by atoms with Gasteiger partial charge in [-0.1, -0.05) is 6.92 Å². The summed E-state index contributed by atoms with van der Waals surface area (Å²) in [5.74, 6) is 0.714. The van der Waals surface area contributed by atoms with Crippen molar-refractivity contribution >= 4 is 21.6 Å². The molecule has 0 fully saturated rings. The summed E-state index contributed by atoms with van der Waals surface area (Å²) in [5, 5.41) is 0.625. The average molecular weight is 268 g/mol. The van der Waals surface area contributed by atoms with Crippen LogP contribution in [-0.4, -0.2) is 23.9 Å². The number of hydrogen-bond donors (Lipinski definition) is 1. The lowest BCUT2D eigenvalue weighted by Crippen LogP contribution is -2.09. The number of H-pyrrole nitrogens is 1. The van der Waals surface area contributed by atoms with Gasteiger partial charge in [0.05, 0.1) is 11.5 Å². The largest absolute Gasteiger partial charge is 0.359 e. The minimum atomic E-state index is -0.103. The van der Waals surface area contributed by atoms with Crippen LogP contribution in [0.2, 0.25) is 0 Å². The van der Waals surface area contributed by atoms with Gasteiger partial charge in [0.2, 0.25) is 0 Å². The highest BCUT2D eigenvalue weighted by molar-refractivity contribution is 7.18. The van der Waals surface area contributed by atoms with E-state index in [0.29, 0.717) is 17.6 Å². The van der Waals surface area contributed by atoms with Crippen molar-refractivity contribution in [3.05, 3.63) is 27.1 Å². The molecule has 0 amide bonds. The van der Waals surface area contributed by atoms with Gasteiger partial charge in [-0.3, -0.25) is 4.79 Å². The molecule has 0 bridgehead atoms. The Morgan fingerprint density at radius 2 is 2.33 bits per heavy atom. The topological polar surface area (TPSA) is 64.2 Å². The number of ether oxygens (including phenoxy) is 2. The van der Waals surface area contributed by atoms with E-state index in [-0.39, 0.29) is 18.5 Å². The van der Waals surface area contributed by atoms with Gasteiger partial charge in [0, 0.05) is 18.4 Å². The highest BCUT2D eigenvalue weighted by Gasteiger charge is 2.13. The van der Waals surface area contributed by atoms with Gasteiger partial charge >= 0.3 is 0 Å². The molecule has 2 aromatic rings. The molecule has 0 aromatic carbocycles. The third-order valence-corrected chi connectivity index (χ3v) is 3.83. The maximum Gasteiger partial charge on any atom is 0.259 e. The summed E-state index contributed by atoms with van der Waals surface area (Å²) in [4.78, 5) is 20.8. The highest BCUT2D eigenvalue weighted by Crippen LogP contribution is 2.28. The van der Waals surface area contributed by atoms with Crippen LogP contribution in [0.1, 0.15) is 30.7 Å². The standard InChI is InChI=1S/C12H16N2O3S/c1-4-10-13-11(15)8-5-9(18-12(8)14-10)7(2)17-6-16-3/h5,7H,4,6H2,1-3H3,(H,13,14,15). The maximum absolute atomic E-state index is 11.9. The van der Waals surface area contributed by atoms with Gasteiger partial charge in [-0.05, 0) is 13.0 Å². The SMILES string of the molecule is CCc1nc2sc(C(C)OCOC)cc2c(=O)[nH]1. The molecule has 1 unspecified atom stereocenters. The summed E-state index contributed by atoms with van der Waals surface area (Å²) in [5.41, 5.74) is -0.0849. The zero-order valence-electron chi connectivity index (χ0n) is 10.6. The van der Waals surface area contributed by atoms with Crippen LogP contribution in [0, 0.1) is 0 Å². The number of thiophene rings is 1. The van der Waals surface area contributed by atoms with Gasteiger partial charge in [-0.2, -0.15) is 0 Å². The Morgan fingerprint density at radius 3 is 3.00 bits per heavy atom. The number of rotatable bonds is 5. The Balaban J connectivity index is 2.37. The summed E-state index contributed by atoms with van der Waals surface area (Å²) in [6, 6.07) is 1.84. The number of aromatic nitrogens is 2. The Kier molecular flexibility index (Phi) is 4.11. The molecule has 2 aromatic heterocycles. The Bertz CT molecular complexity index is 591. The minimum absolute atomic E-state index is 0.0849. The molecule has 0 saturated heterocycles. The third-order valence-electron chi connectivity index (χ3n) is 2.64. The summed E-state index contributed by atoms with van der Waals surface area (Å²) in [6.45, 7) is 4.13. The van der Waals surface area contributed by atoms with Crippen molar-refractivity contribution in [1.29, 1.82) is 0 Å². The van der Waals surface area contributed by atoms with E-state index in [9.17, 15) is 4.79 Å². The van der Waals surface area contributed by atoms with E-state index in [1.807, 2.05) is 19.9 Å². The molecular formula is C12H16N2O3S. The molecule has 1 N–H and O–H groups in total. The number of methoxy groups -OCH3 is 1. The fraction of sp³-hybridized carbons (Fsp3) is 0.500. The van der Waals surface area contributed by atoms with Crippen LogP contribution in [0.15, 0.2) is 10.9 Å². The van der Waals surface area contributed by atoms with E-state index in [0.717, 1.165) is 9.71 Å². The molecule has 98 valence electrons. The molecule has 1 atom stereocenters. The van der Waals surface area contributed by atoms with Crippen LogP contribution in [0.5, 0.6) is 0 Å². The van der Waals surface area contributed by atoms with Gasteiger partial charge in [0.15, 0.2) is 0 Å². The number of nitrogens with zero attached hydrogens (tertiary/aromatic N) is 1. The van der Waals surface area contributed by atoms with E-state index in [2.05, 4.69) is 9.97 Å². The normalized spacial score (nSPS) is 13.1. The minimum Gasteiger partial charge on any atom is -0.359 e. The quantitative estimate of drug-likeness (QED) is 0.845. The van der Waals surface area contributed by atoms with Gasteiger partial charge in [-0.15, -0.1) is 11.3 Å². The Morgan fingerprint density at radius 1 is 1.56 bits per heavy atom. The van der Waals surface area contributed by atoms with Crippen LogP contribution in [-0.2, 0) is 15.9 Å². The van der Waals surface area contributed by atoms with Crippen molar-refractivity contribution in [3.8, 4) is 0 Å². The summed E-state index contributed by atoms with van der Waals surface area (Å²) < 4.78 is 10.3. The number of aromatic amines is 1. The van der Waals surface area contributed by atoms with E-state index in [1.165, 1.54) is 11.3 Å². The molecule has 5 nitrogen and oxygen atoms in total. The molecule has 6 heteroatoms. The second-order valence-corrected chi connectivity index (χ2v) is 5.01. The van der Waals surface area contributed by atoms with Crippen molar-refractivity contribution in [1.82, 2.24) is 9.97 Å². The zero-order valence-corrected chi connectivity index (χ0v) is 11.5. The van der Waals surface area contributed by atoms with Crippen molar-refractivity contribution in [2.75, 3.05) is 13.9 Å². The molecule has 2 heterocycles. The first-order valence-corrected chi connectivity index (χ1v) is 6.60. The Labute approximate surface area is 109 Å². The van der Waals surface area contributed by atoms with Crippen molar-refractivity contribution in [2.24, 2.45) is 0 Å². The number of fused-ring (bicyclic) bond motifs is 1. The molecule has 0 aliphatic rings. The van der Waals surface area contributed by atoms with E-state index >= 15 is 0 Å². The fourth-order valence-corrected chi connectivity index (χ4v) is 2.67. The van der Waals surface area contributed by atoms with Crippen LogP contribution >= 0.6 is 11.3 Å². The van der Waals surface area contributed by atoms with Gasteiger partial charge in [0.1, 0.15) is 17.4 Å². The third kappa shape index (κ3) is 2.60. The molecule has 0 spiro atoms. The van der Waals surface area contributed by atoms with Crippen molar-refractivity contribution in [2.45, 2.75) is 26.4 Å². The Hall–Kier alpha value is -1.24. The summed E-state index contributed by atoms with van der Waals surface area (Å²) in [6.07, 6.45) is 0.613. The average Bonchev–Trinajstić information content (AvgIpc) is 2.80. The molecule has 0 aliphatic heterocycles. The predicted octanol–water partition coefficient (Wildman–Crippen LogP) is 2.23. The molecule has 18 heavy (non-hydrogen) atoms. The fourth-order valence-electron chi connectivity index (χ4n) is 1.61. The monoisotopic (exact) mass is 268 g/mol. The zero-order chi connectivity index (χ0) is 13.1. The molecular weight excluding hydrogens is 252 g/mol. The first-order chi connectivity index (χ1) is 8.65. The second-order valence-electron chi connectivity index (χ2n) is 3.95. The van der Waals surface area contributed by atoms with Crippen LogP contribution in [0.4, 0.5) is 0 Å². The molecule has 2 rings (SSSR count). The van der Waals surface area contributed by atoms with Gasteiger partial charge in [-0.25, -0.2) is 4.98 Å². The molecule has 0 saturated carbocycles. The number of hydrogen-bond acceptors (Lipinski definition) is 5.